The number of benzene rings is 1. The second-order valence-corrected chi connectivity index (χ2v) is 8.35. The van der Waals surface area contributed by atoms with Gasteiger partial charge >= 0.3 is 0 Å². The molecule has 0 saturated carbocycles. The number of aryl methyl sites for hydroxylation is 2. The highest BCUT2D eigenvalue weighted by Crippen LogP contribution is 2.17. The van der Waals surface area contributed by atoms with Crippen molar-refractivity contribution < 1.29 is 0 Å². The first-order valence-electron chi connectivity index (χ1n) is 11.8. The Labute approximate surface area is 184 Å². The largest absolute Gasteiger partial charge is 0.342 e. The van der Waals surface area contributed by atoms with Crippen LogP contribution in [0, 0.1) is 6.92 Å². The molecular weight excluding hydrogens is 408 g/mol. The van der Waals surface area contributed by atoms with Gasteiger partial charge in [0.25, 0.3) is 0 Å². The quantitative estimate of drug-likeness (QED) is 0.254. The Morgan fingerprint density at radius 1 is 0.714 bits per heavy atom. The smallest absolute Gasteiger partial charge is 0.107 e. The summed E-state index contributed by atoms with van der Waals surface area (Å²) in [6, 6.07) is 6.37. The van der Waals surface area contributed by atoms with Gasteiger partial charge in [0.05, 0.1) is 11.0 Å². The van der Waals surface area contributed by atoms with Gasteiger partial charge in [0, 0.05) is 6.42 Å². The van der Waals surface area contributed by atoms with Crippen LogP contribution in [-0.4, -0.2) is 9.97 Å². The highest BCUT2D eigenvalue weighted by molar-refractivity contribution is 8.93. The summed E-state index contributed by atoms with van der Waals surface area (Å²) in [5, 5.41) is 0. The van der Waals surface area contributed by atoms with Crippen LogP contribution in [0.25, 0.3) is 11.0 Å². The molecule has 0 aliphatic heterocycles. The molecule has 0 fully saturated rings. The van der Waals surface area contributed by atoms with Gasteiger partial charge in [-0.15, -0.1) is 17.0 Å². The van der Waals surface area contributed by atoms with E-state index in [-0.39, 0.29) is 17.0 Å². The number of H-pyrrole nitrogens is 1. The van der Waals surface area contributed by atoms with Crippen molar-refractivity contribution in [1.82, 2.24) is 9.97 Å². The van der Waals surface area contributed by atoms with Gasteiger partial charge in [-0.1, -0.05) is 109 Å². The molecule has 0 aliphatic rings. The average Bonchev–Trinajstić information content (AvgIpc) is 3.09. The molecule has 0 unspecified atom stereocenters. The van der Waals surface area contributed by atoms with E-state index >= 15 is 0 Å². The van der Waals surface area contributed by atoms with Crippen LogP contribution in [0.15, 0.2) is 18.2 Å². The Kier molecular flexibility index (Phi) is 14.4. The summed E-state index contributed by atoms with van der Waals surface area (Å²) in [4.78, 5) is 8.23. The standard InChI is InChI=1S/C25H42N2.BrH/c1-3-4-5-6-7-8-9-10-11-12-13-14-15-16-17-21-24-26-23-20-18-19-22(2)25(23)27-24;/h18-20H,3-17,21H2,1-2H3,(H,26,27);1H. The van der Waals surface area contributed by atoms with Crippen LogP contribution in [0.5, 0.6) is 0 Å². The van der Waals surface area contributed by atoms with Gasteiger partial charge in [-0.05, 0) is 25.0 Å². The maximum absolute atomic E-state index is 4.76. The zero-order chi connectivity index (χ0) is 19.2. The minimum atomic E-state index is 0. The van der Waals surface area contributed by atoms with Crippen LogP contribution >= 0.6 is 17.0 Å². The van der Waals surface area contributed by atoms with Crippen molar-refractivity contribution in [2.75, 3.05) is 0 Å². The van der Waals surface area contributed by atoms with E-state index in [1.165, 1.54) is 107 Å². The molecule has 0 spiro atoms. The molecule has 2 nitrogen and oxygen atoms in total. The molecule has 160 valence electrons. The molecule has 0 atom stereocenters. The van der Waals surface area contributed by atoms with Crippen LogP contribution in [-0.2, 0) is 6.42 Å². The van der Waals surface area contributed by atoms with E-state index in [1.807, 2.05) is 0 Å². The molecular formula is C25H43BrN2. The zero-order valence-electron chi connectivity index (χ0n) is 18.4. The first-order valence-corrected chi connectivity index (χ1v) is 11.8. The zero-order valence-corrected chi connectivity index (χ0v) is 20.1. The maximum Gasteiger partial charge on any atom is 0.107 e. The van der Waals surface area contributed by atoms with Crippen LogP contribution in [0.3, 0.4) is 0 Å². The molecule has 1 aromatic heterocycles. The van der Waals surface area contributed by atoms with Crippen LogP contribution in [0.1, 0.15) is 115 Å². The number of unbranched alkanes of at least 4 members (excludes halogenated alkanes) is 14. The van der Waals surface area contributed by atoms with Gasteiger partial charge < -0.3 is 4.98 Å². The summed E-state index contributed by atoms with van der Waals surface area (Å²) >= 11 is 0. The average molecular weight is 452 g/mol. The fourth-order valence-electron chi connectivity index (χ4n) is 4.01. The summed E-state index contributed by atoms with van der Waals surface area (Å²) < 4.78 is 0. The number of aromatic nitrogens is 2. The first kappa shape index (κ1) is 25.2. The third-order valence-electron chi connectivity index (χ3n) is 5.78. The highest BCUT2D eigenvalue weighted by atomic mass is 79.9. The van der Waals surface area contributed by atoms with E-state index in [2.05, 4.69) is 37.0 Å². The second kappa shape index (κ2) is 16.0. The van der Waals surface area contributed by atoms with Gasteiger partial charge in [-0.2, -0.15) is 0 Å². The van der Waals surface area contributed by atoms with E-state index < -0.39 is 0 Å². The monoisotopic (exact) mass is 450 g/mol. The van der Waals surface area contributed by atoms with E-state index in [9.17, 15) is 0 Å². The lowest BCUT2D eigenvalue weighted by Gasteiger charge is -2.03. The van der Waals surface area contributed by atoms with E-state index in [0.717, 1.165) is 17.8 Å². The van der Waals surface area contributed by atoms with Gasteiger partial charge in [0.1, 0.15) is 5.82 Å². The minimum absolute atomic E-state index is 0. The predicted octanol–water partition coefficient (Wildman–Crippen LogP) is 8.86. The molecule has 0 amide bonds. The van der Waals surface area contributed by atoms with Gasteiger partial charge in [-0.25, -0.2) is 4.98 Å². The van der Waals surface area contributed by atoms with Crippen molar-refractivity contribution in [3.63, 3.8) is 0 Å². The number of hydrogen-bond donors (Lipinski definition) is 1. The molecule has 0 aliphatic carbocycles. The summed E-state index contributed by atoms with van der Waals surface area (Å²) in [6.07, 6.45) is 22.4. The fourth-order valence-corrected chi connectivity index (χ4v) is 4.01. The molecule has 1 N–H and O–H groups in total. The van der Waals surface area contributed by atoms with Gasteiger partial charge in [0.15, 0.2) is 0 Å². The summed E-state index contributed by atoms with van der Waals surface area (Å²) in [6.45, 7) is 4.43. The van der Waals surface area contributed by atoms with Crippen LogP contribution < -0.4 is 0 Å². The number of rotatable bonds is 16. The molecule has 0 saturated heterocycles. The third kappa shape index (κ3) is 10.1. The van der Waals surface area contributed by atoms with E-state index in [0.29, 0.717) is 0 Å². The van der Waals surface area contributed by atoms with Crippen molar-refractivity contribution in [3.8, 4) is 0 Å². The Bertz CT molecular complexity index is 620. The minimum Gasteiger partial charge on any atom is -0.342 e. The lowest BCUT2D eigenvalue weighted by atomic mass is 10.0. The number of imidazole rings is 1. The second-order valence-electron chi connectivity index (χ2n) is 8.35. The molecule has 28 heavy (non-hydrogen) atoms. The summed E-state index contributed by atoms with van der Waals surface area (Å²) in [7, 11) is 0. The molecule has 0 bridgehead atoms. The highest BCUT2D eigenvalue weighted by Gasteiger charge is 2.04. The Hall–Kier alpha value is -0.830. The summed E-state index contributed by atoms with van der Waals surface area (Å²) in [5.41, 5.74) is 3.60. The normalized spacial score (nSPS) is 11.1. The first-order chi connectivity index (χ1) is 13.3. The fraction of sp³-hybridized carbons (Fsp3) is 0.720. The van der Waals surface area contributed by atoms with Crippen molar-refractivity contribution in [2.45, 2.75) is 117 Å². The van der Waals surface area contributed by atoms with Crippen LogP contribution in [0.4, 0.5) is 0 Å². The number of aromatic amines is 1. The number of hydrogen-bond acceptors (Lipinski definition) is 1. The number of para-hydroxylation sites is 1. The molecule has 2 rings (SSSR count). The van der Waals surface area contributed by atoms with E-state index in [4.69, 9.17) is 4.98 Å². The lowest BCUT2D eigenvalue weighted by molar-refractivity contribution is 0.531. The Morgan fingerprint density at radius 3 is 1.71 bits per heavy atom. The van der Waals surface area contributed by atoms with Crippen molar-refractivity contribution >= 4 is 28.0 Å². The number of fused-ring (bicyclic) bond motifs is 1. The molecule has 0 radical (unpaired) electrons. The Morgan fingerprint density at radius 2 is 1.21 bits per heavy atom. The predicted molar refractivity (Wildman–Crippen MR) is 130 cm³/mol. The SMILES string of the molecule is Br.CCCCCCCCCCCCCCCCCc1nc2c(C)cccc2[nH]1. The van der Waals surface area contributed by atoms with Gasteiger partial charge in [0.2, 0.25) is 0 Å². The summed E-state index contributed by atoms with van der Waals surface area (Å²) in [5.74, 6) is 1.16. The van der Waals surface area contributed by atoms with Gasteiger partial charge in [-0.3, -0.25) is 0 Å². The maximum atomic E-state index is 4.76. The van der Waals surface area contributed by atoms with Crippen LogP contribution in [0.2, 0.25) is 0 Å². The van der Waals surface area contributed by atoms with Crippen molar-refractivity contribution in [2.24, 2.45) is 0 Å². The molecule has 3 heteroatoms. The lowest BCUT2D eigenvalue weighted by Crippen LogP contribution is -1.89. The molecule has 1 heterocycles. The molecule has 2 aromatic rings. The van der Waals surface area contributed by atoms with Crippen molar-refractivity contribution in [1.29, 1.82) is 0 Å². The number of nitrogens with zero attached hydrogens (tertiary/aromatic N) is 1. The number of halogens is 1. The molecule has 1 aromatic carbocycles. The third-order valence-corrected chi connectivity index (χ3v) is 5.78. The topological polar surface area (TPSA) is 28.7 Å². The number of nitrogens with one attached hydrogen (secondary N) is 1. The van der Waals surface area contributed by atoms with E-state index in [1.54, 1.807) is 0 Å². The van der Waals surface area contributed by atoms with Crippen molar-refractivity contribution in [3.05, 3.63) is 29.6 Å². The Balaban J connectivity index is 0.00000392.